The van der Waals surface area contributed by atoms with Gasteiger partial charge in [-0.05, 0) is 43.7 Å². The number of hydrazine groups is 1. The van der Waals surface area contributed by atoms with E-state index in [1.54, 1.807) is 58.3 Å². The van der Waals surface area contributed by atoms with Crippen LogP contribution in [0.15, 0.2) is 47.5 Å². The van der Waals surface area contributed by atoms with Crippen molar-refractivity contribution in [1.29, 1.82) is 0 Å². The van der Waals surface area contributed by atoms with E-state index in [0.717, 1.165) is 5.56 Å². The number of hydrogen-bond acceptors (Lipinski definition) is 7. The molecule has 0 saturated carbocycles. The van der Waals surface area contributed by atoms with Crippen molar-refractivity contribution in [2.24, 2.45) is 4.99 Å². The average molecular weight is 507 g/mol. The monoisotopic (exact) mass is 506 g/mol. The molecule has 1 aliphatic rings. The van der Waals surface area contributed by atoms with Gasteiger partial charge in [0.2, 0.25) is 12.3 Å². The van der Waals surface area contributed by atoms with Gasteiger partial charge in [0.25, 0.3) is 5.91 Å². The van der Waals surface area contributed by atoms with E-state index in [4.69, 9.17) is 21.1 Å². The third-order valence-corrected chi connectivity index (χ3v) is 4.76. The van der Waals surface area contributed by atoms with Crippen LogP contribution in [0.4, 0.5) is 14.9 Å². The smallest absolute Gasteiger partial charge is 0.328 e. The Morgan fingerprint density at radius 3 is 2.60 bits per heavy atom. The van der Waals surface area contributed by atoms with E-state index in [1.165, 1.54) is 22.0 Å². The van der Waals surface area contributed by atoms with Gasteiger partial charge in [-0.2, -0.15) is 4.99 Å². The summed E-state index contributed by atoms with van der Waals surface area (Å²) in [6.07, 6.45) is -1.32. The number of hydrogen-bond donors (Lipinski definition) is 3. The number of aliphatic imine (C=N–C) groups is 1. The van der Waals surface area contributed by atoms with Gasteiger partial charge in [0.05, 0.1) is 12.6 Å². The summed E-state index contributed by atoms with van der Waals surface area (Å²) in [5.41, 5.74) is 3.67. The number of nitrogens with one attached hydrogen (secondary N) is 3. The number of urea groups is 1. The quantitative estimate of drug-likeness (QED) is 0.451. The molecule has 0 aromatic heterocycles. The molecule has 1 heterocycles. The van der Waals surface area contributed by atoms with Crippen LogP contribution in [0.5, 0.6) is 5.75 Å². The van der Waals surface area contributed by atoms with Crippen LogP contribution >= 0.6 is 11.6 Å². The van der Waals surface area contributed by atoms with Gasteiger partial charge in [0.15, 0.2) is 11.6 Å². The molecule has 35 heavy (non-hydrogen) atoms. The van der Waals surface area contributed by atoms with Crippen molar-refractivity contribution < 1.29 is 23.5 Å². The van der Waals surface area contributed by atoms with Gasteiger partial charge < -0.3 is 14.8 Å². The standard InChI is InChI=1S/C23H28ClFN6O4/c1-14(2)35-19-10-9-17(11-18(19)25)26-21-27-22(34-13-20(32)29-30(3)4)28-23(33)31(21)12-15-5-7-16(24)8-6-15/h5-11,14,22H,12-13H2,1-4H3,(H,26,27)(H,28,33)(H,29,32). The molecule has 0 spiro atoms. The maximum atomic E-state index is 14.5. The van der Waals surface area contributed by atoms with Crippen molar-refractivity contribution in [2.45, 2.75) is 32.8 Å². The summed E-state index contributed by atoms with van der Waals surface area (Å²) in [7, 11) is 3.32. The van der Waals surface area contributed by atoms with Gasteiger partial charge >= 0.3 is 6.03 Å². The topological polar surface area (TPSA) is 108 Å². The molecule has 0 fully saturated rings. The largest absolute Gasteiger partial charge is 0.488 e. The fraction of sp³-hybridized carbons (Fsp3) is 0.348. The van der Waals surface area contributed by atoms with Crippen LogP contribution < -0.4 is 20.8 Å². The minimum Gasteiger partial charge on any atom is -0.488 e. The summed E-state index contributed by atoms with van der Waals surface area (Å²) in [5, 5.41) is 7.59. The molecule has 1 unspecified atom stereocenters. The minimum atomic E-state index is -1.13. The lowest BCUT2D eigenvalue weighted by Crippen LogP contribution is -2.55. The third-order valence-electron chi connectivity index (χ3n) is 4.51. The second-order valence-corrected chi connectivity index (χ2v) is 8.58. The molecular formula is C23H28ClFN6O4. The van der Waals surface area contributed by atoms with E-state index in [2.05, 4.69) is 21.1 Å². The molecule has 2 aromatic carbocycles. The zero-order valence-corrected chi connectivity index (χ0v) is 20.6. The van der Waals surface area contributed by atoms with Gasteiger partial charge in [0, 0.05) is 30.9 Å². The molecule has 0 aliphatic carbocycles. The van der Waals surface area contributed by atoms with Crippen LogP contribution in [-0.2, 0) is 16.1 Å². The maximum absolute atomic E-state index is 14.5. The number of guanidine groups is 1. The number of anilines is 1. The highest BCUT2D eigenvalue weighted by Crippen LogP contribution is 2.23. The lowest BCUT2D eigenvalue weighted by molar-refractivity contribution is -0.132. The Labute approximate surface area is 208 Å². The van der Waals surface area contributed by atoms with Gasteiger partial charge in [-0.25, -0.2) is 14.2 Å². The Morgan fingerprint density at radius 2 is 1.97 bits per heavy atom. The highest BCUT2D eigenvalue weighted by Gasteiger charge is 2.29. The SMILES string of the molecule is CC(C)Oc1ccc(NC2=NC(OCC(=O)NN(C)C)NC(=O)N2Cc2ccc(Cl)cc2)cc1F. The number of nitrogens with zero attached hydrogens (tertiary/aromatic N) is 3. The van der Waals surface area contributed by atoms with Crippen molar-refractivity contribution in [1.82, 2.24) is 20.7 Å². The predicted octanol–water partition coefficient (Wildman–Crippen LogP) is 3.15. The fourth-order valence-corrected chi connectivity index (χ4v) is 3.21. The molecule has 3 amide bonds. The second kappa shape index (κ2) is 11.8. The number of rotatable bonds is 9. The first-order chi connectivity index (χ1) is 16.6. The Balaban J connectivity index is 1.82. The number of carbonyl (C=O) groups is 2. The molecule has 12 heteroatoms. The summed E-state index contributed by atoms with van der Waals surface area (Å²) in [4.78, 5) is 30.5. The second-order valence-electron chi connectivity index (χ2n) is 8.14. The predicted molar refractivity (Wildman–Crippen MR) is 130 cm³/mol. The molecule has 0 bridgehead atoms. The van der Waals surface area contributed by atoms with E-state index >= 15 is 0 Å². The van der Waals surface area contributed by atoms with Crippen molar-refractivity contribution in [3.05, 3.63) is 58.9 Å². The van der Waals surface area contributed by atoms with E-state index in [9.17, 15) is 14.0 Å². The highest BCUT2D eigenvalue weighted by molar-refractivity contribution is 6.30. The maximum Gasteiger partial charge on any atom is 0.328 e. The number of carbonyl (C=O) groups excluding carboxylic acids is 2. The summed E-state index contributed by atoms with van der Waals surface area (Å²) >= 11 is 5.96. The molecule has 10 nitrogen and oxygen atoms in total. The Kier molecular flexibility index (Phi) is 8.85. The third kappa shape index (κ3) is 7.81. The average Bonchev–Trinajstić information content (AvgIpc) is 2.77. The van der Waals surface area contributed by atoms with Gasteiger partial charge in [-0.1, -0.05) is 23.7 Å². The molecular weight excluding hydrogens is 479 g/mol. The Hall–Kier alpha value is -3.41. The fourth-order valence-electron chi connectivity index (χ4n) is 3.08. The van der Waals surface area contributed by atoms with Crippen molar-refractivity contribution in [3.8, 4) is 5.75 Å². The number of halogens is 2. The molecule has 3 rings (SSSR count). The van der Waals surface area contributed by atoms with Gasteiger partial charge in [0.1, 0.15) is 6.61 Å². The molecule has 1 atom stereocenters. The minimum absolute atomic E-state index is 0.110. The molecule has 1 aliphatic heterocycles. The van der Waals surface area contributed by atoms with E-state index in [-0.39, 0.29) is 31.0 Å². The van der Waals surface area contributed by atoms with E-state index in [1.807, 2.05) is 0 Å². The Morgan fingerprint density at radius 1 is 1.26 bits per heavy atom. The molecule has 0 radical (unpaired) electrons. The van der Waals surface area contributed by atoms with E-state index < -0.39 is 24.1 Å². The van der Waals surface area contributed by atoms with E-state index in [0.29, 0.717) is 10.7 Å². The summed E-state index contributed by atoms with van der Waals surface area (Å²) < 4.78 is 25.4. The van der Waals surface area contributed by atoms with Crippen LogP contribution in [-0.4, -0.2) is 61.0 Å². The van der Waals surface area contributed by atoms with Crippen molar-refractivity contribution in [2.75, 3.05) is 26.0 Å². The molecule has 2 aromatic rings. The summed E-state index contributed by atoms with van der Waals surface area (Å²) in [6, 6.07) is 10.8. The van der Waals surface area contributed by atoms with Crippen LogP contribution in [0.3, 0.4) is 0 Å². The first-order valence-corrected chi connectivity index (χ1v) is 11.2. The normalized spacial score (nSPS) is 15.7. The number of amides is 3. The van der Waals surface area contributed by atoms with Gasteiger partial charge in [-0.3, -0.25) is 20.4 Å². The first-order valence-electron chi connectivity index (χ1n) is 10.8. The zero-order valence-electron chi connectivity index (χ0n) is 19.8. The molecule has 0 saturated heterocycles. The van der Waals surface area contributed by atoms with Crippen LogP contribution in [0.2, 0.25) is 5.02 Å². The van der Waals surface area contributed by atoms with Crippen LogP contribution in [0.25, 0.3) is 0 Å². The molecule has 3 N–H and O–H groups in total. The number of benzene rings is 2. The van der Waals surface area contributed by atoms with Gasteiger partial charge in [-0.15, -0.1) is 0 Å². The lowest BCUT2D eigenvalue weighted by Gasteiger charge is -2.32. The molecule has 188 valence electrons. The first kappa shape index (κ1) is 26.2. The summed E-state index contributed by atoms with van der Waals surface area (Å²) in [6.45, 7) is 3.41. The van der Waals surface area contributed by atoms with Crippen LogP contribution in [0.1, 0.15) is 19.4 Å². The lowest BCUT2D eigenvalue weighted by atomic mass is 10.2. The van der Waals surface area contributed by atoms with Crippen molar-refractivity contribution >= 4 is 35.2 Å². The number of ether oxygens (including phenoxy) is 2. The highest BCUT2D eigenvalue weighted by atomic mass is 35.5. The summed E-state index contributed by atoms with van der Waals surface area (Å²) in [5.74, 6) is -0.763. The van der Waals surface area contributed by atoms with Crippen molar-refractivity contribution in [3.63, 3.8) is 0 Å². The van der Waals surface area contributed by atoms with Crippen LogP contribution in [0, 0.1) is 5.82 Å². The Bertz CT molecular complexity index is 1080. The zero-order chi connectivity index (χ0) is 25.5.